The van der Waals surface area contributed by atoms with Crippen LogP contribution in [-0.2, 0) is 4.74 Å². The lowest BCUT2D eigenvalue weighted by atomic mass is 9.95. The predicted octanol–water partition coefficient (Wildman–Crippen LogP) is 1.88. The molecule has 0 bridgehead atoms. The van der Waals surface area contributed by atoms with Crippen molar-refractivity contribution in [2.24, 2.45) is 0 Å². The zero-order chi connectivity index (χ0) is 8.81. The number of hydrogen-bond acceptors (Lipinski definition) is 2. The standard InChI is InChI=1S/C10H18O2/c1-2-3-8-12-10-6-4-9(11)5-7-10/h2,9-11H,1,3-8H2. The molecule has 0 unspecified atom stereocenters. The Balaban J connectivity index is 2.05. The Hall–Kier alpha value is -0.340. The second kappa shape index (κ2) is 5.33. The highest BCUT2D eigenvalue weighted by molar-refractivity contribution is 4.72. The third-order valence-electron chi connectivity index (χ3n) is 2.32. The first-order valence-corrected chi connectivity index (χ1v) is 4.73. The van der Waals surface area contributed by atoms with Crippen LogP contribution >= 0.6 is 0 Å². The minimum atomic E-state index is -0.0794. The summed E-state index contributed by atoms with van der Waals surface area (Å²) >= 11 is 0. The average molecular weight is 170 g/mol. The molecule has 0 aliphatic heterocycles. The lowest BCUT2D eigenvalue weighted by Crippen LogP contribution is -2.24. The normalized spacial score (nSPS) is 30.1. The van der Waals surface area contributed by atoms with Crippen molar-refractivity contribution in [2.45, 2.75) is 44.3 Å². The molecular weight excluding hydrogens is 152 g/mol. The quantitative estimate of drug-likeness (QED) is 0.515. The molecule has 2 nitrogen and oxygen atoms in total. The van der Waals surface area contributed by atoms with Crippen LogP contribution in [0.25, 0.3) is 0 Å². The molecule has 0 amide bonds. The summed E-state index contributed by atoms with van der Waals surface area (Å²) in [6, 6.07) is 0. The van der Waals surface area contributed by atoms with Gasteiger partial charge in [-0.3, -0.25) is 0 Å². The molecule has 1 aliphatic carbocycles. The summed E-state index contributed by atoms with van der Waals surface area (Å²) in [7, 11) is 0. The Labute approximate surface area is 74.2 Å². The van der Waals surface area contributed by atoms with E-state index >= 15 is 0 Å². The summed E-state index contributed by atoms with van der Waals surface area (Å²) in [4.78, 5) is 0. The maximum Gasteiger partial charge on any atom is 0.0577 e. The van der Waals surface area contributed by atoms with Crippen molar-refractivity contribution < 1.29 is 9.84 Å². The van der Waals surface area contributed by atoms with Crippen LogP contribution in [0.15, 0.2) is 12.7 Å². The summed E-state index contributed by atoms with van der Waals surface area (Å²) in [5.74, 6) is 0. The van der Waals surface area contributed by atoms with E-state index < -0.39 is 0 Å². The molecule has 1 rings (SSSR count). The van der Waals surface area contributed by atoms with Crippen LogP contribution in [-0.4, -0.2) is 23.9 Å². The number of rotatable bonds is 4. The molecule has 0 spiro atoms. The van der Waals surface area contributed by atoms with Crippen LogP contribution in [0.4, 0.5) is 0 Å². The molecule has 2 heteroatoms. The smallest absolute Gasteiger partial charge is 0.0577 e. The first-order chi connectivity index (χ1) is 5.83. The zero-order valence-corrected chi connectivity index (χ0v) is 7.54. The lowest BCUT2D eigenvalue weighted by Gasteiger charge is -2.25. The lowest BCUT2D eigenvalue weighted by molar-refractivity contribution is -0.00116. The van der Waals surface area contributed by atoms with E-state index in [0.29, 0.717) is 6.10 Å². The Morgan fingerprint density at radius 3 is 2.58 bits per heavy atom. The summed E-state index contributed by atoms with van der Waals surface area (Å²) < 4.78 is 5.59. The monoisotopic (exact) mass is 170 g/mol. The maximum atomic E-state index is 9.23. The fraction of sp³-hybridized carbons (Fsp3) is 0.800. The average Bonchev–Trinajstić information content (AvgIpc) is 2.09. The number of aliphatic hydroxyl groups is 1. The van der Waals surface area contributed by atoms with Crippen molar-refractivity contribution in [1.29, 1.82) is 0 Å². The van der Waals surface area contributed by atoms with Crippen LogP contribution in [0.3, 0.4) is 0 Å². The van der Waals surface area contributed by atoms with Gasteiger partial charge in [0.05, 0.1) is 18.8 Å². The predicted molar refractivity (Wildman–Crippen MR) is 49.0 cm³/mol. The molecule has 0 aromatic rings. The third kappa shape index (κ3) is 3.37. The van der Waals surface area contributed by atoms with Gasteiger partial charge in [0.1, 0.15) is 0 Å². The van der Waals surface area contributed by atoms with Crippen molar-refractivity contribution in [1.82, 2.24) is 0 Å². The Kier molecular flexibility index (Phi) is 4.33. The Bertz CT molecular complexity index is 126. The van der Waals surface area contributed by atoms with Gasteiger partial charge in [0.2, 0.25) is 0 Å². The van der Waals surface area contributed by atoms with E-state index in [9.17, 15) is 5.11 Å². The summed E-state index contributed by atoms with van der Waals surface area (Å²) in [6.07, 6.45) is 6.93. The van der Waals surface area contributed by atoms with Crippen LogP contribution in [0.2, 0.25) is 0 Å². The second-order valence-electron chi connectivity index (χ2n) is 3.38. The van der Waals surface area contributed by atoms with Crippen molar-refractivity contribution in [2.75, 3.05) is 6.61 Å². The van der Waals surface area contributed by atoms with Gasteiger partial charge in [0.15, 0.2) is 0 Å². The molecule has 1 N–H and O–H groups in total. The molecule has 12 heavy (non-hydrogen) atoms. The topological polar surface area (TPSA) is 29.5 Å². The van der Waals surface area contributed by atoms with E-state index in [4.69, 9.17) is 4.74 Å². The van der Waals surface area contributed by atoms with E-state index in [1.165, 1.54) is 0 Å². The maximum absolute atomic E-state index is 9.23. The van der Waals surface area contributed by atoms with Crippen molar-refractivity contribution in [3.8, 4) is 0 Å². The van der Waals surface area contributed by atoms with Crippen molar-refractivity contribution in [3.05, 3.63) is 12.7 Å². The molecule has 0 atom stereocenters. The molecule has 0 aromatic carbocycles. The number of aliphatic hydroxyl groups excluding tert-OH is 1. The van der Waals surface area contributed by atoms with E-state index in [1.54, 1.807) is 0 Å². The molecular formula is C10H18O2. The van der Waals surface area contributed by atoms with Crippen LogP contribution < -0.4 is 0 Å². The van der Waals surface area contributed by atoms with Gasteiger partial charge < -0.3 is 9.84 Å². The summed E-state index contributed by atoms with van der Waals surface area (Å²) in [5, 5.41) is 9.23. The van der Waals surface area contributed by atoms with Gasteiger partial charge in [-0.15, -0.1) is 6.58 Å². The second-order valence-corrected chi connectivity index (χ2v) is 3.38. The van der Waals surface area contributed by atoms with Crippen molar-refractivity contribution in [3.63, 3.8) is 0 Å². The molecule has 0 saturated heterocycles. The van der Waals surface area contributed by atoms with E-state index in [0.717, 1.165) is 38.7 Å². The third-order valence-corrected chi connectivity index (χ3v) is 2.32. The van der Waals surface area contributed by atoms with E-state index in [2.05, 4.69) is 6.58 Å². The van der Waals surface area contributed by atoms with Gasteiger partial charge in [-0.1, -0.05) is 6.08 Å². The zero-order valence-electron chi connectivity index (χ0n) is 7.54. The largest absolute Gasteiger partial charge is 0.393 e. The molecule has 70 valence electrons. The highest BCUT2D eigenvalue weighted by Gasteiger charge is 2.18. The van der Waals surface area contributed by atoms with Gasteiger partial charge in [-0.25, -0.2) is 0 Å². The molecule has 0 heterocycles. The van der Waals surface area contributed by atoms with Crippen molar-refractivity contribution >= 4 is 0 Å². The minimum absolute atomic E-state index is 0.0794. The van der Waals surface area contributed by atoms with Crippen LogP contribution in [0, 0.1) is 0 Å². The van der Waals surface area contributed by atoms with Gasteiger partial charge in [0.25, 0.3) is 0 Å². The highest BCUT2D eigenvalue weighted by Crippen LogP contribution is 2.20. The first-order valence-electron chi connectivity index (χ1n) is 4.73. The molecule has 1 saturated carbocycles. The summed E-state index contributed by atoms with van der Waals surface area (Å²) in [6.45, 7) is 4.42. The van der Waals surface area contributed by atoms with Gasteiger partial charge in [-0.2, -0.15) is 0 Å². The Morgan fingerprint density at radius 2 is 2.00 bits per heavy atom. The Morgan fingerprint density at radius 1 is 1.33 bits per heavy atom. The molecule has 0 radical (unpaired) electrons. The molecule has 1 aliphatic rings. The van der Waals surface area contributed by atoms with E-state index in [1.807, 2.05) is 6.08 Å². The fourth-order valence-electron chi connectivity index (χ4n) is 1.53. The first kappa shape index (κ1) is 9.75. The fourth-order valence-corrected chi connectivity index (χ4v) is 1.53. The number of hydrogen-bond donors (Lipinski definition) is 1. The molecule has 1 fully saturated rings. The minimum Gasteiger partial charge on any atom is -0.393 e. The molecule has 0 aromatic heterocycles. The van der Waals surface area contributed by atoms with Gasteiger partial charge in [0, 0.05) is 0 Å². The van der Waals surface area contributed by atoms with Crippen LogP contribution in [0.5, 0.6) is 0 Å². The highest BCUT2D eigenvalue weighted by atomic mass is 16.5. The number of ether oxygens (including phenoxy) is 1. The van der Waals surface area contributed by atoms with Crippen LogP contribution in [0.1, 0.15) is 32.1 Å². The van der Waals surface area contributed by atoms with Gasteiger partial charge in [-0.05, 0) is 32.1 Å². The summed E-state index contributed by atoms with van der Waals surface area (Å²) in [5.41, 5.74) is 0. The van der Waals surface area contributed by atoms with E-state index in [-0.39, 0.29) is 6.10 Å². The SMILES string of the molecule is C=CCCOC1CCC(O)CC1. The van der Waals surface area contributed by atoms with Gasteiger partial charge >= 0.3 is 0 Å².